The van der Waals surface area contributed by atoms with Gasteiger partial charge in [-0.15, -0.1) is 22.9 Å². The molecule has 0 radical (unpaired) electrons. The highest BCUT2D eigenvalue weighted by atomic mass is 35.5. The number of nitrogens with zero attached hydrogens (tertiary/aromatic N) is 1. The van der Waals surface area contributed by atoms with Gasteiger partial charge in [0.15, 0.2) is 0 Å². The third-order valence-electron chi connectivity index (χ3n) is 1.81. The quantitative estimate of drug-likeness (QED) is 0.715. The van der Waals surface area contributed by atoms with Gasteiger partial charge in [-0.1, -0.05) is 11.6 Å². The zero-order valence-electron chi connectivity index (χ0n) is 7.93. The minimum absolute atomic E-state index is 0.248. The van der Waals surface area contributed by atoms with E-state index in [1.54, 1.807) is 11.0 Å². The van der Waals surface area contributed by atoms with Gasteiger partial charge < -0.3 is 0 Å². The summed E-state index contributed by atoms with van der Waals surface area (Å²) in [4.78, 5) is 2.60. The predicted molar refractivity (Wildman–Crippen MR) is 61.3 cm³/mol. The molecule has 0 bridgehead atoms. The molecule has 1 nitrogen and oxygen atoms in total. The summed E-state index contributed by atoms with van der Waals surface area (Å²) in [7, 11) is 0. The van der Waals surface area contributed by atoms with Crippen molar-refractivity contribution in [1.29, 1.82) is 0 Å². The van der Waals surface area contributed by atoms with Crippen molar-refractivity contribution in [2.24, 2.45) is 0 Å². The Bertz CT molecular complexity index is 293. The van der Waals surface area contributed by atoms with E-state index in [2.05, 4.69) is 0 Å². The highest BCUT2D eigenvalue weighted by molar-refractivity contribution is 7.16. The van der Waals surface area contributed by atoms with E-state index in [9.17, 15) is 8.78 Å². The number of hydrogen-bond donors (Lipinski definition) is 0. The molecule has 15 heavy (non-hydrogen) atoms. The van der Waals surface area contributed by atoms with E-state index in [-0.39, 0.29) is 6.54 Å². The van der Waals surface area contributed by atoms with Gasteiger partial charge in [0.2, 0.25) is 0 Å². The molecule has 1 aromatic heterocycles. The average Bonchev–Trinajstić information content (AvgIpc) is 2.50. The minimum Gasteiger partial charge on any atom is -0.291 e. The van der Waals surface area contributed by atoms with Crippen LogP contribution in [0, 0.1) is 0 Å². The summed E-state index contributed by atoms with van der Waals surface area (Å²) in [5.41, 5.74) is 0. The van der Waals surface area contributed by atoms with Crippen LogP contribution in [0.5, 0.6) is 0 Å². The molecule has 0 amide bonds. The van der Waals surface area contributed by atoms with Crippen LogP contribution in [0.15, 0.2) is 12.1 Å². The van der Waals surface area contributed by atoms with Crippen LogP contribution in [0.4, 0.5) is 8.78 Å². The largest absolute Gasteiger partial charge is 0.291 e. The molecule has 0 unspecified atom stereocenters. The summed E-state index contributed by atoms with van der Waals surface area (Å²) < 4.78 is 25.1. The van der Waals surface area contributed by atoms with E-state index in [1.807, 2.05) is 6.07 Å². The van der Waals surface area contributed by atoms with Gasteiger partial charge in [0.25, 0.3) is 6.43 Å². The van der Waals surface area contributed by atoms with Crippen LogP contribution < -0.4 is 0 Å². The lowest BCUT2D eigenvalue weighted by atomic mass is 10.4. The molecular formula is C9H11Cl2F2NS. The maximum Gasteiger partial charge on any atom is 0.251 e. The molecule has 0 atom stereocenters. The summed E-state index contributed by atoms with van der Waals surface area (Å²) in [6, 6.07) is 3.61. The second-order valence-electron chi connectivity index (χ2n) is 3.02. The van der Waals surface area contributed by atoms with Crippen LogP contribution in [-0.2, 0) is 6.54 Å². The van der Waals surface area contributed by atoms with Crippen molar-refractivity contribution >= 4 is 34.5 Å². The molecule has 6 heteroatoms. The Kier molecular flexibility index (Phi) is 5.82. The van der Waals surface area contributed by atoms with Crippen LogP contribution in [0.1, 0.15) is 4.88 Å². The Balaban J connectivity index is 2.50. The van der Waals surface area contributed by atoms with Crippen LogP contribution in [0.2, 0.25) is 4.34 Å². The molecule has 0 fully saturated rings. The molecular weight excluding hydrogens is 263 g/mol. The van der Waals surface area contributed by atoms with E-state index >= 15 is 0 Å². The summed E-state index contributed by atoms with van der Waals surface area (Å²) >= 11 is 12.7. The highest BCUT2D eigenvalue weighted by Gasteiger charge is 2.12. The molecule has 1 rings (SSSR count). The number of alkyl halides is 3. The SMILES string of the molecule is FC(F)CN(CCCl)Cc1ccc(Cl)s1. The first-order chi connectivity index (χ1) is 7.11. The van der Waals surface area contributed by atoms with Crippen LogP contribution >= 0.6 is 34.5 Å². The molecule has 1 heterocycles. The zero-order valence-corrected chi connectivity index (χ0v) is 10.3. The van der Waals surface area contributed by atoms with Crippen molar-refractivity contribution < 1.29 is 8.78 Å². The van der Waals surface area contributed by atoms with Gasteiger partial charge >= 0.3 is 0 Å². The van der Waals surface area contributed by atoms with Crippen molar-refractivity contribution in [2.75, 3.05) is 19.0 Å². The highest BCUT2D eigenvalue weighted by Crippen LogP contribution is 2.22. The molecule has 0 spiro atoms. The minimum atomic E-state index is -2.33. The smallest absolute Gasteiger partial charge is 0.251 e. The summed E-state index contributed by atoms with van der Waals surface area (Å²) in [5, 5.41) is 0. The van der Waals surface area contributed by atoms with Crippen molar-refractivity contribution in [3.05, 3.63) is 21.3 Å². The van der Waals surface area contributed by atoms with Crippen LogP contribution in [0.3, 0.4) is 0 Å². The molecule has 1 aromatic rings. The number of halogens is 4. The van der Waals surface area contributed by atoms with Gasteiger partial charge in [-0.05, 0) is 12.1 Å². The van der Waals surface area contributed by atoms with E-state index in [0.29, 0.717) is 23.3 Å². The van der Waals surface area contributed by atoms with E-state index in [4.69, 9.17) is 23.2 Å². The topological polar surface area (TPSA) is 3.24 Å². The first kappa shape index (κ1) is 13.2. The van der Waals surface area contributed by atoms with E-state index in [0.717, 1.165) is 4.88 Å². The number of thiophene rings is 1. The lowest BCUT2D eigenvalue weighted by Crippen LogP contribution is -2.30. The fourth-order valence-electron chi connectivity index (χ4n) is 1.21. The average molecular weight is 274 g/mol. The summed E-state index contributed by atoms with van der Waals surface area (Å²) in [6.45, 7) is 0.693. The van der Waals surface area contributed by atoms with Gasteiger partial charge in [0, 0.05) is 23.8 Å². The molecule has 0 saturated heterocycles. The third-order valence-corrected chi connectivity index (χ3v) is 3.19. The van der Waals surface area contributed by atoms with Crippen molar-refractivity contribution in [3.8, 4) is 0 Å². The van der Waals surface area contributed by atoms with E-state index < -0.39 is 6.43 Å². The fraction of sp³-hybridized carbons (Fsp3) is 0.556. The fourth-order valence-corrected chi connectivity index (χ4v) is 2.58. The molecule has 0 saturated carbocycles. The third kappa shape index (κ3) is 5.11. The van der Waals surface area contributed by atoms with Gasteiger partial charge in [0.05, 0.1) is 10.9 Å². The standard InChI is InChI=1S/C9H11Cl2F2NS/c10-3-4-14(6-9(12)13)5-7-1-2-8(11)15-7/h1-2,9H,3-6H2. The van der Waals surface area contributed by atoms with Gasteiger partial charge in [-0.3, -0.25) is 4.90 Å². The Labute approximate surface area is 102 Å². The maximum absolute atomic E-state index is 12.2. The normalized spacial score (nSPS) is 11.6. The summed E-state index contributed by atoms with van der Waals surface area (Å²) in [6.07, 6.45) is -2.33. The monoisotopic (exact) mass is 273 g/mol. The zero-order chi connectivity index (χ0) is 11.3. The van der Waals surface area contributed by atoms with Gasteiger partial charge in [-0.2, -0.15) is 0 Å². The molecule has 0 aliphatic heterocycles. The van der Waals surface area contributed by atoms with Gasteiger partial charge in [0.1, 0.15) is 0 Å². The Hall–Kier alpha value is 0.1000. The molecule has 0 aromatic carbocycles. The second-order valence-corrected chi connectivity index (χ2v) is 5.20. The number of rotatable bonds is 6. The summed E-state index contributed by atoms with van der Waals surface area (Å²) in [5.74, 6) is 0.353. The lowest BCUT2D eigenvalue weighted by Gasteiger charge is -2.19. The maximum atomic E-state index is 12.2. The Morgan fingerprint density at radius 1 is 1.40 bits per heavy atom. The Morgan fingerprint density at radius 3 is 2.60 bits per heavy atom. The van der Waals surface area contributed by atoms with Crippen molar-refractivity contribution in [3.63, 3.8) is 0 Å². The first-order valence-corrected chi connectivity index (χ1v) is 6.15. The van der Waals surface area contributed by atoms with Crippen LogP contribution in [0.25, 0.3) is 0 Å². The van der Waals surface area contributed by atoms with Gasteiger partial charge in [-0.25, -0.2) is 8.78 Å². The van der Waals surface area contributed by atoms with E-state index in [1.165, 1.54) is 11.3 Å². The molecule has 0 aliphatic carbocycles. The van der Waals surface area contributed by atoms with Crippen LogP contribution in [-0.4, -0.2) is 30.3 Å². The first-order valence-electron chi connectivity index (χ1n) is 4.42. The lowest BCUT2D eigenvalue weighted by molar-refractivity contribution is 0.0883. The molecule has 0 aliphatic rings. The van der Waals surface area contributed by atoms with Crippen molar-refractivity contribution in [2.45, 2.75) is 13.0 Å². The molecule has 86 valence electrons. The second kappa shape index (κ2) is 6.63. The van der Waals surface area contributed by atoms with Crippen molar-refractivity contribution in [1.82, 2.24) is 4.90 Å². The number of hydrogen-bond acceptors (Lipinski definition) is 2. The molecule has 0 N–H and O–H groups in total. The predicted octanol–water partition coefficient (Wildman–Crippen LogP) is 3.71. The Morgan fingerprint density at radius 2 is 2.13 bits per heavy atom.